The third-order valence-corrected chi connectivity index (χ3v) is 7.13. The Bertz CT molecular complexity index is 1240. The number of rotatable bonds is 2. The summed E-state index contributed by atoms with van der Waals surface area (Å²) in [6.45, 7) is 6.23. The second kappa shape index (κ2) is 6.65. The van der Waals surface area contributed by atoms with Gasteiger partial charge in [0.25, 0.3) is 0 Å². The number of ketones is 3. The molecule has 0 aliphatic heterocycles. The molecule has 0 spiro atoms. The zero-order valence-corrected chi connectivity index (χ0v) is 18.1. The van der Waals surface area contributed by atoms with E-state index in [1.165, 1.54) is 21.0 Å². The number of phenolic OH excluding ortho intramolecular Hbond substituents is 2. The molecule has 0 bridgehead atoms. The molecule has 7 heteroatoms. The highest BCUT2D eigenvalue weighted by Crippen LogP contribution is 2.53. The van der Waals surface area contributed by atoms with E-state index in [4.69, 9.17) is 10.5 Å². The number of allylic oxidation sites excluding steroid dienone is 1. The van der Waals surface area contributed by atoms with E-state index in [0.29, 0.717) is 16.5 Å². The van der Waals surface area contributed by atoms with Crippen LogP contribution >= 0.6 is 0 Å². The average molecular weight is 423 g/mol. The molecule has 2 aromatic rings. The monoisotopic (exact) mass is 423 g/mol. The Hall–Kier alpha value is -3.19. The molecular weight excluding hydrogens is 398 g/mol. The van der Waals surface area contributed by atoms with E-state index in [2.05, 4.69) is 0 Å². The number of fused-ring (bicyclic) bond motifs is 3. The van der Waals surface area contributed by atoms with E-state index in [9.17, 15) is 24.6 Å². The molecule has 0 radical (unpaired) electrons. The number of ether oxygens (including phenoxy) is 1. The Labute approximate surface area is 179 Å². The van der Waals surface area contributed by atoms with Gasteiger partial charge in [-0.05, 0) is 56.2 Å². The number of carbonyl (C=O) groups is 3. The van der Waals surface area contributed by atoms with Crippen LogP contribution in [0.2, 0.25) is 0 Å². The van der Waals surface area contributed by atoms with Crippen molar-refractivity contribution in [1.82, 2.24) is 0 Å². The van der Waals surface area contributed by atoms with Crippen molar-refractivity contribution < 1.29 is 29.3 Å². The fraction of sp³-hybridized carbons (Fsp3) is 0.375. The minimum absolute atomic E-state index is 0.00830. The SMILES string of the molecule is COC1=C(C(C)=O)C(=O)C2(C)C(=O)c3c(c(C)c4ccc(C)c(O)c4c3O)CC2[C@H]1N. The second-order valence-corrected chi connectivity index (χ2v) is 8.68. The van der Waals surface area contributed by atoms with E-state index in [1.807, 2.05) is 6.92 Å². The van der Waals surface area contributed by atoms with Crippen LogP contribution in [-0.2, 0) is 20.7 Å². The fourth-order valence-corrected chi connectivity index (χ4v) is 5.27. The summed E-state index contributed by atoms with van der Waals surface area (Å²) < 4.78 is 5.34. The predicted molar refractivity (Wildman–Crippen MR) is 114 cm³/mol. The van der Waals surface area contributed by atoms with Crippen molar-refractivity contribution in [3.8, 4) is 11.5 Å². The Kier molecular flexibility index (Phi) is 4.52. The third-order valence-electron chi connectivity index (χ3n) is 7.13. The number of methoxy groups -OCH3 is 1. The highest BCUT2D eigenvalue weighted by Gasteiger charge is 2.60. The smallest absolute Gasteiger partial charge is 0.183 e. The van der Waals surface area contributed by atoms with Gasteiger partial charge in [0, 0.05) is 5.92 Å². The summed E-state index contributed by atoms with van der Waals surface area (Å²) in [5.41, 5.74) is 6.48. The number of benzene rings is 2. The lowest BCUT2D eigenvalue weighted by Crippen LogP contribution is -2.59. The van der Waals surface area contributed by atoms with Gasteiger partial charge in [-0.3, -0.25) is 14.4 Å². The second-order valence-electron chi connectivity index (χ2n) is 8.68. The van der Waals surface area contributed by atoms with Crippen molar-refractivity contribution >= 4 is 28.1 Å². The molecular formula is C24H25NO6. The van der Waals surface area contributed by atoms with Gasteiger partial charge in [0.05, 0.1) is 29.5 Å². The maximum absolute atomic E-state index is 13.8. The Morgan fingerprint density at radius 2 is 1.81 bits per heavy atom. The highest BCUT2D eigenvalue weighted by molar-refractivity contribution is 6.31. The van der Waals surface area contributed by atoms with Crippen molar-refractivity contribution in [2.45, 2.75) is 40.2 Å². The van der Waals surface area contributed by atoms with Crippen molar-refractivity contribution in [3.05, 3.63) is 45.7 Å². The van der Waals surface area contributed by atoms with Crippen molar-refractivity contribution in [2.75, 3.05) is 7.11 Å². The van der Waals surface area contributed by atoms with Crippen molar-refractivity contribution in [2.24, 2.45) is 17.1 Å². The van der Waals surface area contributed by atoms with Crippen LogP contribution < -0.4 is 5.73 Å². The summed E-state index contributed by atoms with van der Waals surface area (Å²) >= 11 is 0. The van der Waals surface area contributed by atoms with Gasteiger partial charge < -0.3 is 20.7 Å². The first-order chi connectivity index (χ1) is 14.5. The van der Waals surface area contributed by atoms with E-state index in [-0.39, 0.29) is 40.2 Å². The van der Waals surface area contributed by atoms with E-state index < -0.39 is 34.7 Å². The van der Waals surface area contributed by atoms with Gasteiger partial charge in [0.1, 0.15) is 22.8 Å². The minimum atomic E-state index is -1.63. The molecule has 0 fully saturated rings. The van der Waals surface area contributed by atoms with Gasteiger partial charge in [0.2, 0.25) is 0 Å². The molecule has 0 saturated carbocycles. The molecule has 2 unspecified atom stereocenters. The Morgan fingerprint density at radius 1 is 1.16 bits per heavy atom. The number of aromatic hydroxyl groups is 2. The van der Waals surface area contributed by atoms with Crippen LogP contribution in [0.4, 0.5) is 0 Å². The molecule has 2 aromatic carbocycles. The normalized spacial score (nSPS) is 25.5. The molecule has 2 aliphatic rings. The summed E-state index contributed by atoms with van der Waals surface area (Å²) in [7, 11) is 1.35. The maximum Gasteiger partial charge on any atom is 0.183 e. The molecule has 0 amide bonds. The largest absolute Gasteiger partial charge is 0.507 e. The number of phenols is 2. The molecule has 4 N–H and O–H groups in total. The van der Waals surface area contributed by atoms with E-state index in [1.54, 1.807) is 19.1 Å². The zero-order valence-electron chi connectivity index (χ0n) is 18.1. The van der Waals surface area contributed by atoms with Crippen LogP contribution in [-0.4, -0.2) is 40.7 Å². The van der Waals surface area contributed by atoms with Gasteiger partial charge in [-0.25, -0.2) is 0 Å². The summed E-state index contributed by atoms with van der Waals surface area (Å²) in [5, 5.41) is 22.5. The van der Waals surface area contributed by atoms with Gasteiger partial charge in [-0.2, -0.15) is 0 Å². The number of hydrogen-bond acceptors (Lipinski definition) is 7. The van der Waals surface area contributed by atoms with Crippen molar-refractivity contribution in [3.63, 3.8) is 0 Å². The number of hydrogen-bond donors (Lipinski definition) is 3. The molecule has 4 rings (SSSR count). The first kappa shape index (κ1) is 21.1. The summed E-state index contributed by atoms with van der Waals surface area (Å²) in [6, 6.07) is 2.69. The van der Waals surface area contributed by atoms with E-state index in [0.717, 1.165) is 5.56 Å². The molecule has 7 nitrogen and oxygen atoms in total. The van der Waals surface area contributed by atoms with Crippen LogP contribution in [0.3, 0.4) is 0 Å². The van der Waals surface area contributed by atoms with Crippen LogP contribution in [0.25, 0.3) is 10.8 Å². The first-order valence-electron chi connectivity index (χ1n) is 10.1. The average Bonchev–Trinajstić information content (AvgIpc) is 2.71. The van der Waals surface area contributed by atoms with Gasteiger partial charge in [-0.15, -0.1) is 0 Å². The Morgan fingerprint density at radius 3 is 2.39 bits per heavy atom. The number of nitrogens with two attached hydrogens (primary N) is 1. The Balaban J connectivity index is 2.07. The summed E-state index contributed by atoms with van der Waals surface area (Å²) in [5.74, 6) is -2.80. The predicted octanol–water partition coefficient (Wildman–Crippen LogP) is 2.63. The van der Waals surface area contributed by atoms with E-state index >= 15 is 0 Å². The molecule has 162 valence electrons. The first-order valence-corrected chi connectivity index (χ1v) is 10.1. The topological polar surface area (TPSA) is 127 Å². The quantitative estimate of drug-likeness (QED) is 0.500. The molecule has 31 heavy (non-hydrogen) atoms. The van der Waals surface area contributed by atoms with Crippen LogP contribution in [0.5, 0.6) is 11.5 Å². The van der Waals surface area contributed by atoms with Gasteiger partial charge in [-0.1, -0.05) is 12.1 Å². The lowest BCUT2D eigenvalue weighted by Gasteiger charge is -2.46. The van der Waals surface area contributed by atoms with Crippen LogP contribution in [0.15, 0.2) is 23.5 Å². The maximum atomic E-state index is 13.8. The summed E-state index contributed by atoms with van der Waals surface area (Å²) in [4.78, 5) is 39.5. The molecule has 0 saturated heterocycles. The van der Waals surface area contributed by atoms with Crippen molar-refractivity contribution in [1.29, 1.82) is 0 Å². The number of carbonyl (C=O) groups excluding carboxylic acids is 3. The minimum Gasteiger partial charge on any atom is -0.507 e. The third kappa shape index (κ3) is 2.47. The number of Topliss-reactive ketones (excluding diaryl/α,β-unsaturated/α-hetero) is 3. The number of aryl methyl sites for hydroxylation is 2. The molecule has 0 heterocycles. The fourth-order valence-electron chi connectivity index (χ4n) is 5.27. The van der Waals surface area contributed by atoms with Crippen LogP contribution in [0, 0.1) is 25.2 Å². The van der Waals surface area contributed by atoms with Gasteiger partial charge in [0.15, 0.2) is 17.3 Å². The van der Waals surface area contributed by atoms with Crippen LogP contribution in [0.1, 0.15) is 40.9 Å². The molecule has 0 aromatic heterocycles. The lowest BCUT2D eigenvalue weighted by atomic mass is 9.55. The lowest BCUT2D eigenvalue weighted by molar-refractivity contribution is -0.129. The van der Waals surface area contributed by atoms with Gasteiger partial charge >= 0.3 is 0 Å². The zero-order chi connectivity index (χ0) is 23.0. The standard InChI is InChI=1S/C24H25NO6/c1-9-6-7-12-10(2)13-8-14-18(25)21(31-5)15(11(3)26)22(29)24(14,4)23(30)17(13)20(28)16(12)19(9)27/h6-7,14,18,27-28H,8,25H2,1-5H3/t14?,18-,24?/m1/s1. The summed E-state index contributed by atoms with van der Waals surface area (Å²) in [6.07, 6.45) is 0.243. The molecule has 3 atom stereocenters. The molecule has 2 aliphatic carbocycles. The highest BCUT2D eigenvalue weighted by atomic mass is 16.5.